The number of hydrogen-bond acceptors (Lipinski definition) is 5. The fourth-order valence-corrected chi connectivity index (χ4v) is 5.59. The highest BCUT2D eigenvalue weighted by atomic mass is 35.5. The first-order valence-electron chi connectivity index (χ1n) is 7.81. The molecule has 1 aromatic rings. The topological polar surface area (TPSA) is 107 Å². The van der Waals surface area contributed by atoms with E-state index in [-0.39, 0.29) is 34.9 Å². The van der Waals surface area contributed by atoms with Gasteiger partial charge in [0.25, 0.3) is 5.69 Å². The highest BCUT2D eigenvalue weighted by molar-refractivity contribution is 7.89. The summed E-state index contributed by atoms with van der Waals surface area (Å²) >= 11 is 0. The second-order valence-electron chi connectivity index (χ2n) is 6.55. The third kappa shape index (κ3) is 3.28. The van der Waals surface area contributed by atoms with Gasteiger partial charge in [0.2, 0.25) is 10.0 Å². The number of benzene rings is 1. The normalized spacial score (nSPS) is 27.3. The number of hydrogen-bond donors (Lipinski definition) is 1. The van der Waals surface area contributed by atoms with Crippen molar-refractivity contribution in [2.75, 3.05) is 13.1 Å². The number of non-ortho nitro benzene ring substituents is 1. The lowest BCUT2D eigenvalue weighted by atomic mass is 9.78. The van der Waals surface area contributed by atoms with Crippen molar-refractivity contribution in [3.8, 4) is 0 Å². The van der Waals surface area contributed by atoms with Crippen molar-refractivity contribution >= 4 is 28.1 Å². The van der Waals surface area contributed by atoms with E-state index in [0.717, 1.165) is 19.3 Å². The van der Waals surface area contributed by atoms with Gasteiger partial charge in [-0.1, -0.05) is 6.42 Å². The Morgan fingerprint density at radius 3 is 2.58 bits per heavy atom. The fraction of sp³-hybridized carbons (Fsp3) is 0.600. The van der Waals surface area contributed by atoms with Crippen molar-refractivity contribution in [2.24, 2.45) is 17.6 Å². The summed E-state index contributed by atoms with van der Waals surface area (Å²) in [6, 6.07) is 3.95. The number of fused-ring (bicyclic) bond motifs is 1. The second-order valence-corrected chi connectivity index (χ2v) is 8.45. The summed E-state index contributed by atoms with van der Waals surface area (Å²) in [5.41, 5.74) is 6.45. The maximum atomic E-state index is 12.9. The van der Waals surface area contributed by atoms with E-state index in [1.165, 1.54) is 22.5 Å². The van der Waals surface area contributed by atoms with Crippen LogP contribution in [0.25, 0.3) is 0 Å². The zero-order chi connectivity index (χ0) is 16.8. The number of nitro groups is 1. The molecule has 3 rings (SSSR count). The van der Waals surface area contributed by atoms with Gasteiger partial charge in [-0.05, 0) is 43.2 Å². The fourth-order valence-electron chi connectivity index (χ4n) is 3.85. The number of nitro benzene ring substituents is 1. The first-order chi connectivity index (χ1) is 10.8. The van der Waals surface area contributed by atoms with Gasteiger partial charge in [0.05, 0.1) is 9.82 Å². The average molecular weight is 376 g/mol. The van der Waals surface area contributed by atoms with Gasteiger partial charge in [0.15, 0.2) is 0 Å². The van der Waals surface area contributed by atoms with Gasteiger partial charge in [-0.15, -0.1) is 12.4 Å². The maximum Gasteiger partial charge on any atom is 0.269 e. The second kappa shape index (κ2) is 6.95. The van der Waals surface area contributed by atoms with Crippen molar-refractivity contribution in [3.05, 3.63) is 33.9 Å². The van der Waals surface area contributed by atoms with E-state index >= 15 is 0 Å². The minimum absolute atomic E-state index is 0. The molecule has 134 valence electrons. The molecule has 7 nitrogen and oxygen atoms in total. The number of halogens is 1. The molecule has 9 heteroatoms. The van der Waals surface area contributed by atoms with Crippen LogP contribution in [0.5, 0.6) is 0 Å². The van der Waals surface area contributed by atoms with Crippen LogP contribution in [0.3, 0.4) is 0 Å². The third-order valence-corrected chi connectivity index (χ3v) is 7.10. The number of aryl methyl sites for hydroxylation is 1. The van der Waals surface area contributed by atoms with E-state index in [4.69, 9.17) is 5.73 Å². The molecule has 24 heavy (non-hydrogen) atoms. The van der Waals surface area contributed by atoms with Gasteiger partial charge in [0.1, 0.15) is 0 Å². The third-order valence-electron chi connectivity index (χ3n) is 5.11. The highest BCUT2D eigenvalue weighted by Crippen LogP contribution is 2.38. The molecule has 3 unspecified atom stereocenters. The molecule has 1 saturated heterocycles. The monoisotopic (exact) mass is 375 g/mol. The molecule has 2 N–H and O–H groups in total. The molecule has 1 aliphatic carbocycles. The lowest BCUT2D eigenvalue weighted by molar-refractivity contribution is -0.385. The predicted molar refractivity (Wildman–Crippen MR) is 92.6 cm³/mol. The quantitative estimate of drug-likeness (QED) is 0.642. The highest BCUT2D eigenvalue weighted by Gasteiger charge is 2.43. The Labute approximate surface area is 147 Å². The molecule has 0 radical (unpaired) electrons. The minimum Gasteiger partial charge on any atom is -0.327 e. The molecule has 1 saturated carbocycles. The van der Waals surface area contributed by atoms with Crippen molar-refractivity contribution in [1.29, 1.82) is 0 Å². The summed E-state index contributed by atoms with van der Waals surface area (Å²) in [6.45, 7) is 2.54. The Morgan fingerprint density at radius 1 is 1.29 bits per heavy atom. The Hall–Kier alpha value is -1.22. The largest absolute Gasteiger partial charge is 0.327 e. The van der Waals surface area contributed by atoms with Crippen molar-refractivity contribution in [2.45, 2.75) is 37.1 Å². The number of nitrogens with two attached hydrogens (primary N) is 1. The summed E-state index contributed by atoms with van der Waals surface area (Å²) in [5.74, 6) is 0.545. The Kier molecular flexibility index (Phi) is 5.54. The number of rotatable bonds is 3. The molecule has 3 atom stereocenters. The zero-order valence-electron chi connectivity index (χ0n) is 13.4. The van der Waals surface area contributed by atoms with Crippen LogP contribution < -0.4 is 5.73 Å². The molecule has 2 aliphatic rings. The summed E-state index contributed by atoms with van der Waals surface area (Å²) in [7, 11) is -3.64. The average Bonchev–Trinajstić information content (AvgIpc) is 2.93. The van der Waals surface area contributed by atoms with Crippen LogP contribution in [0, 0.1) is 28.9 Å². The Morgan fingerprint density at radius 2 is 2.00 bits per heavy atom. The summed E-state index contributed by atoms with van der Waals surface area (Å²) in [4.78, 5) is 10.4. The van der Waals surface area contributed by atoms with Crippen LogP contribution in [0.2, 0.25) is 0 Å². The number of nitrogens with zero attached hydrogens (tertiary/aromatic N) is 2. The molecule has 1 aromatic carbocycles. The van der Waals surface area contributed by atoms with Crippen LogP contribution in [0.15, 0.2) is 23.1 Å². The van der Waals surface area contributed by atoms with Gasteiger partial charge < -0.3 is 5.73 Å². The molecular weight excluding hydrogens is 354 g/mol. The molecule has 0 spiro atoms. The van der Waals surface area contributed by atoms with Crippen LogP contribution >= 0.6 is 12.4 Å². The van der Waals surface area contributed by atoms with Crippen LogP contribution in [0.1, 0.15) is 24.8 Å². The summed E-state index contributed by atoms with van der Waals surface area (Å²) < 4.78 is 27.3. The molecule has 2 fully saturated rings. The van der Waals surface area contributed by atoms with E-state index in [1.807, 2.05) is 0 Å². The molecule has 1 heterocycles. The van der Waals surface area contributed by atoms with Gasteiger partial charge in [-0.3, -0.25) is 10.1 Å². The summed E-state index contributed by atoms with van der Waals surface area (Å²) in [5, 5.41) is 10.8. The van der Waals surface area contributed by atoms with Gasteiger partial charge >= 0.3 is 0 Å². The van der Waals surface area contributed by atoms with Crippen LogP contribution in [0.4, 0.5) is 5.69 Å². The van der Waals surface area contributed by atoms with E-state index in [9.17, 15) is 18.5 Å². The van der Waals surface area contributed by atoms with Crippen molar-refractivity contribution in [3.63, 3.8) is 0 Å². The zero-order valence-corrected chi connectivity index (χ0v) is 15.1. The molecule has 1 aliphatic heterocycles. The van der Waals surface area contributed by atoms with Crippen LogP contribution in [-0.2, 0) is 10.0 Å². The van der Waals surface area contributed by atoms with E-state index in [0.29, 0.717) is 24.6 Å². The standard InChI is InChI=1S/C15H21N3O4S.ClH/c1-10-7-12(18(19)20)5-6-15(10)23(21,22)17-8-11-3-2-4-14(16)13(11)9-17;/h5-7,11,13-14H,2-4,8-9,16H2,1H3;1H. The molecular formula is C15H22ClN3O4S. The summed E-state index contributed by atoms with van der Waals surface area (Å²) in [6.07, 6.45) is 3.02. The van der Waals surface area contributed by atoms with Gasteiger partial charge in [0, 0.05) is 31.3 Å². The minimum atomic E-state index is -3.64. The smallest absolute Gasteiger partial charge is 0.269 e. The predicted octanol–water partition coefficient (Wildman–Crippen LogP) is 2.07. The van der Waals surface area contributed by atoms with Gasteiger partial charge in [-0.2, -0.15) is 4.31 Å². The molecule has 0 aromatic heterocycles. The maximum absolute atomic E-state index is 12.9. The van der Waals surface area contributed by atoms with Gasteiger partial charge in [-0.25, -0.2) is 8.42 Å². The van der Waals surface area contributed by atoms with E-state index in [1.54, 1.807) is 6.92 Å². The first kappa shape index (κ1) is 19.1. The Bertz CT molecular complexity index is 740. The lowest BCUT2D eigenvalue weighted by Gasteiger charge is -2.29. The first-order valence-corrected chi connectivity index (χ1v) is 9.25. The number of sulfonamides is 1. The van der Waals surface area contributed by atoms with E-state index in [2.05, 4.69) is 0 Å². The van der Waals surface area contributed by atoms with Crippen molar-refractivity contribution < 1.29 is 13.3 Å². The van der Waals surface area contributed by atoms with Crippen LogP contribution in [-0.4, -0.2) is 36.8 Å². The Balaban J connectivity index is 0.00000208. The SMILES string of the molecule is Cc1cc([N+](=O)[O-])ccc1S(=O)(=O)N1CC2CCCC(N)C2C1.Cl. The molecule has 0 amide bonds. The molecule has 0 bridgehead atoms. The van der Waals surface area contributed by atoms with Crippen molar-refractivity contribution in [1.82, 2.24) is 4.31 Å². The van der Waals surface area contributed by atoms with E-state index < -0.39 is 14.9 Å². The lowest BCUT2D eigenvalue weighted by Crippen LogP contribution is -2.38.